The van der Waals surface area contributed by atoms with Gasteiger partial charge in [-0.25, -0.2) is 4.98 Å². The highest BCUT2D eigenvalue weighted by Gasteiger charge is 2.21. The fourth-order valence-electron chi connectivity index (χ4n) is 3.42. The van der Waals surface area contributed by atoms with Crippen molar-refractivity contribution < 1.29 is 9.59 Å². The molecule has 0 spiro atoms. The normalized spacial score (nSPS) is 14.3. The van der Waals surface area contributed by atoms with E-state index < -0.39 is 0 Å². The lowest BCUT2D eigenvalue weighted by atomic mass is 10.1. The molecule has 0 saturated carbocycles. The number of aromatic nitrogens is 1. The van der Waals surface area contributed by atoms with Crippen LogP contribution in [0.1, 0.15) is 12.5 Å². The number of hydrogen-bond donors (Lipinski definition) is 1. The molecule has 1 N–H and O–H groups in total. The molecule has 0 atom stereocenters. The van der Waals surface area contributed by atoms with Crippen LogP contribution in [-0.2, 0) is 16.0 Å². The summed E-state index contributed by atoms with van der Waals surface area (Å²) in [5.74, 6) is 0.0164. The van der Waals surface area contributed by atoms with Gasteiger partial charge in [-0.1, -0.05) is 35.6 Å². The Kier molecular flexibility index (Phi) is 5.25. The number of fused-ring (bicyclic) bond motifs is 1. The predicted octanol–water partition coefficient (Wildman–Crippen LogP) is 3.15. The fourth-order valence-corrected chi connectivity index (χ4v) is 4.40. The quantitative estimate of drug-likeness (QED) is 0.738. The molecule has 0 unspecified atom stereocenters. The number of amides is 2. The number of thiazole rings is 1. The first-order chi connectivity index (χ1) is 13.6. The number of piperazine rings is 1. The van der Waals surface area contributed by atoms with Gasteiger partial charge in [-0.15, -0.1) is 0 Å². The third-order valence-corrected chi connectivity index (χ3v) is 5.78. The van der Waals surface area contributed by atoms with E-state index >= 15 is 0 Å². The predicted molar refractivity (Wildman–Crippen MR) is 113 cm³/mol. The van der Waals surface area contributed by atoms with Crippen molar-refractivity contribution in [3.05, 3.63) is 54.1 Å². The molecule has 1 saturated heterocycles. The average molecular weight is 395 g/mol. The second kappa shape index (κ2) is 7.98. The van der Waals surface area contributed by atoms with E-state index in [0.717, 1.165) is 42.0 Å². The van der Waals surface area contributed by atoms with Crippen LogP contribution in [0, 0.1) is 0 Å². The van der Waals surface area contributed by atoms with Gasteiger partial charge in [0.2, 0.25) is 11.8 Å². The summed E-state index contributed by atoms with van der Waals surface area (Å²) in [7, 11) is 0. The number of para-hydroxylation sites is 1. The molecule has 6 nitrogen and oxygen atoms in total. The zero-order valence-corrected chi connectivity index (χ0v) is 16.5. The molecule has 0 bridgehead atoms. The van der Waals surface area contributed by atoms with E-state index in [2.05, 4.69) is 27.3 Å². The van der Waals surface area contributed by atoms with Crippen LogP contribution in [0.5, 0.6) is 0 Å². The number of hydrogen-bond acceptors (Lipinski definition) is 5. The van der Waals surface area contributed by atoms with Crippen molar-refractivity contribution in [2.75, 3.05) is 36.4 Å². The van der Waals surface area contributed by atoms with Crippen molar-refractivity contribution in [2.45, 2.75) is 13.3 Å². The van der Waals surface area contributed by atoms with Crippen molar-refractivity contribution in [2.24, 2.45) is 0 Å². The van der Waals surface area contributed by atoms with Crippen LogP contribution in [0.3, 0.4) is 0 Å². The smallest absolute Gasteiger partial charge is 0.227 e. The molecule has 4 rings (SSSR count). The summed E-state index contributed by atoms with van der Waals surface area (Å²) in [5, 5.41) is 3.30. The first kappa shape index (κ1) is 18.4. The van der Waals surface area contributed by atoms with Gasteiger partial charge in [0.15, 0.2) is 5.13 Å². The van der Waals surface area contributed by atoms with Crippen LogP contribution in [0.4, 0.5) is 10.8 Å². The highest BCUT2D eigenvalue weighted by atomic mass is 32.1. The van der Waals surface area contributed by atoms with E-state index in [0.29, 0.717) is 11.6 Å². The Hall–Kier alpha value is -2.93. The van der Waals surface area contributed by atoms with Crippen LogP contribution in [0.25, 0.3) is 10.2 Å². The van der Waals surface area contributed by atoms with E-state index in [-0.39, 0.29) is 11.8 Å². The minimum absolute atomic E-state index is 0.135. The minimum Gasteiger partial charge on any atom is -0.368 e. The van der Waals surface area contributed by atoms with E-state index in [1.54, 1.807) is 0 Å². The molecule has 144 valence electrons. The number of nitrogens with one attached hydrogen (secondary N) is 1. The molecule has 1 fully saturated rings. The largest absolute Gasteiger partial charge is 0.368 e. The summed E-state index contributed by atoms with van der Waals surface area (Å²) < 4.78 is 0.975. The maximum absolute atomic E-state index is 12.7. The fraction of sp³-hybridized carbons (Fsp3) is 0.286. The van der Waals surface area contributed by atoms with Gasteiger partial charge in [0.25, 0.3) is 0 Å². The Balaban J connectivity index is 1.38. The molecule has 1 aliphatic rings. The molecule has 1 aromatic heterocycles. The van der Waals surface area contributed by atoms with E-state index in [4.69, 9.17) is 0 Å². The van der Waals surface area contributed by atoms with Crippen molar-refractivity contribution in [3.63, 3.8) is 0 Å². The highest BCUT2D eigenvalue weighted by Crippen LogP contribution is 2.27. The van der Waals surface area contributed by atoms with Gasteiger partial charge in [0, 0.05) is 38.8 Å². The molecule has 1 aliphatic heterocycles. The van der Waals surface area contributed by atoms with Crippen LogP contribution in [0.15, 0.2) is 48.5 Å². The molecule has 2 amide bonds. The molecule has 0 radical (unpaired) electrons. The molecular weight excluding hydrogens is 372 g/mol. The van der Waals surface area contributed by atoms with Gasteiger partial charge in [-0.3, -0.25) is 9.59 Å². The summed E-state index contributed by atoms with van der Waals surface area (Å²) in [6.45, 7) is 4.65. The molecule has 2 aromatic carbocycles. The van der Waals surface area contributed by atoms with Crippen molar-refractivity contribution in [1.82, 2.24) is 9.88 Å². The second-order valence-corrected chi connectivity index (χ2v) is 7.91. The number of carbonyl (C=O) groups is 2. The topological polar surface area (TPSA) is 65.5 Å². The maximum Gasteiger partial charge on any atom is 0.227 e. The van der Waals surface area contributed by atoms with E-state index in [9.17, 15) is 9.59 Å². The lowest BCUT2D eigenvalue weighted by Gasteiger charge is -2.36. The molecule has 2 heterocycles. The lowest BCUT2D eigenvalue weighted by Crippen LogP contribution is -2.49. The van der Waals surface area contributed by atoms with Gasteiger partial charge < -0.3 is 15.1 Å². The van der Waals surface area contributed by atoms with Gasteiger partial charge in [-0.2, -0.15) is 0 Å². The Labute approximate surface area is 167 Å². The second-order valence-electron chi connectivity index (χ2n) is 6.88. The zero-order chi connectivity index (χ0) is 19.5. The number of anilines is 2. The number of benzene rings is 2. The molecule has 0 aliphatic carbocycles. The molecular formula is C21H22N4O2S. The Morgan fingerprint density at radius 2 is 1.82 bits per heavy atom. The van der Waals surface area contributed by atoms with Crippen molar-refractivity contribution in [3.8, 4) is 0 Å². The monoisotopic (exact) mass is 394 g/mol. The minimum atomic E-state index is -0.135. The lowest BCUT2D eigenvalue weighted by molar-refractivity contribution is -0.130. The van der Waals surface area contributed by atoms with Crippen LogP contribution in [-0.4, -0.2) is 47.9 Å². The van der Waals surface area contributed by atoms with Crippen molar-refractivity contribution in [1.29, 1.82) is 0 Å². The SMILES string of the molecule is CC(=O)Nc1nc2ccc(CC(=O)N3CCN(c4ccccc4)CC3)cc2s1. The summed E-state index contributed by atoms with van der Waals surface area (Å²) in [6, 6.07) is 16.2. The van der Waals surface area contributed by atoms with Gasteiger partial charge >= 0.3 is 0 Å². The van der Waals surface area contributed by atoms with E-state index in [1.165, 1.54) is 23.9 Å². The zero-order valence-electron chi connectivity index (χ0n) is 15.7. The average Bonchev–Trinajstić information content (AvgIpc) is 3.09. The summed E-state index contributed by atoms with van der Waals surface area (Å²) in [5.41, 5.74) is 3.02. The summed E-state index contributed by atoms with van der Waals surface area (Å²) in [6.07, 6.45) is 0.384. The summed E-state index contributed by atoms with van der Waals surface area (Å²) in [4.78, 5) is 32.6. The third-order valence-electron chi connectivity index (χ3n) is 4.84. The van der Waals surface area contributed by atoms with E-state index in [1.807, 2.05) is 41.3 Å². The standard InChI is InChI=1S/C21H22N4O2S/c1-15(26)22-21-23-18-8-7-16(13-19(18)28-21)14-20(27)25-11-9-24(10-12-25)17-5-3-2-4-6-17/h2-8,13H,9-12,14H2,1H3,(H,22,23,26). The third kappa shape index (κ3) is 4.14. The first-order valence-corrected chi connectivity index (χ1v) is 10.1. The molecule has 3 aromatic rings. The Bertz CT molecular complexity index is 994. The number of rotatable bonds is 4. The highest BCUT2D eigenvalue weighted by molar-refractivity contribution is 7.22. The maximum atomic E-state index is 12.7. The van der Waals surface area contributed by atoms with Crippen LogP contribution < -0.4 is 10.2 Å². The number of nitrogens with zero attached hydrogens (tertiary/aromatic N) is 3. The van der Waals surface area contributed by atoms with Gasteiger partial charge in [-0.05, 0) is 29.8 Å². The number of carbonyl (C=O) groups excluding carboxylic acids is 2. The van der Waals surface area contributed by atoms with Crippen molar-refractivity contribution >= 4 is 44.2 Å². The Morgan fingerprint density at radius 3 is 2.54 bits per heavy atom. The first-order valence-electron chi connectivity index (χ1n) is 9.33. The molecule has 28 heavy (non-hydrogen) atoms. The van der Waals surface area contributed by atoms with Crippen LogP contribution >= 0.6 is 11.3 Å². The molecule has 7 heteroatoms. The van der Waals surface area contributed by atoms with Gasteiger partial charge in [0.1, 0.15) is 0 Å². The van der Waals surface area contributed by atoms with Gasteiger partial charge in [0.05, 0.1) is 16.6 Å². The van der Waals surface area contributed by atoms with Crippen LogP contribution in [0.2, 0.25) is 0 Å². The summed E-state index contributed by atoms with van der Waals surface area (Å²) >= 11 is 1.43. The Morgan fingerprint density at radius 1 is 1.07 bits per heavy atom.